The van der Waals surface area contributed by atoms with Gasteiger partial charge < -0.3 is 16.6 Å². The molecule has 11 heavy (non-hydrogen) atoms. The highest BCUT2D eigenvalue weighted by molar-refractivity contribution is 5.72. The Kier molecular flexibility index (Phi) is 3.48. The summed E-state index contributed by atoms with van der Waals surface area (Å²) < 4.78 is 0. The Labute approximate surface area is 66.6 Å². The van der Waals surface area contributed by atoms with E-state index in [9.17, 15) is 4.79 Å². The van der Waals surface area contributed by atoms with Crippen molar-refractivity contribution in [1.82, 2.24) is 0 Å². The molecule has 0 aromatic heterocycles. The van der Waals surface area contributed by atoms with Gasteiger partial charge in [-0.2, -0.15) is 0 Å². The number of carboxylic acids is 1. The highest BCUT2D eigenvalue weighted by atomic mass is 16.4. The van der Waals surface area contributed by atoms with Crippen LogP contribution in [0.2, 0.25) is 0 Å². The van der Waals surface area contributed by atoms with Gasteiger partial charge in [-0.15, -0.1) is 0 Å². The quantitative estimate of drug-likeness (QED) is 0.536. The molecule has 0 rings (SSSR count). The highest BCUT2D eigenvalue weighted by Gasteiger charge is 2.16. The third-order valence-corrected chi connectivity index (χ3v) is 1.42. The molecule has 0 radical (unpaired) electrons. The van der Waals surface area contributed by atoms with Crippen LogP contribution in [0.5, 0.6) is 0 Å². The minimum Gasteiger partial charge on any atom is -0.480 e. The van der Waals surface area contributed by atoms with Gasteiger partial charge in [0.2, 0.25) is 0 Å². The standard InChI is InChI=1S/C7H16N2O2/c1-7(2,9)4-3-5(8)6(10)11/h5H,3-4,8-9H2,1-2H3,(H,10,11)/t5-/m0/s1. The third-order valence-electron chi connectivity index (χ3n) is 1.42. The van der Waals surface area contributed by atoms with E-state index in [1.165, 1.54) is 0 Å². The number of carboxylic acid groups (broad SMARTS) is 1. The number of nitrogens with two attached hydrogens (primary N) is 2. The molecule has 0 saturated carbocycles. The first-order valence-corrected chi connectivity index (χ1v) is 3.60. The maximum absolute atomic E-state index is 10.3. The highest BCUT2D eigenvalue weighted by Crippen LogP contribution is 2.08. The van der Waals surface area contributed by atoms with E-state index in [-0.39, 0.29) is 5.54 Å². The second-order valence-corrected chi connectivity index (χ2v) is 3.47. The van der Waals surface area contributed by atoms with Gasteiger partial charge >= 0.3 is 5.97 Å². The number of hydrogen-bond acceptors (Lipinski definition) is 3. The zero-order chi connectivity index (χ0) is 9.07. The largest absolute Gasteiger partial charge is 0.480 e. The SMILES string of the molecule is CC(C)(N)CC[C@H](N)C(=O)O. The molecular formula is C7H16N2O2. The van der Waals surface area contributed by atoms with Gasteiger partial charge in [0, 0.05) is 5.54 Å². The van der Waals surface area contributed by atoms with E-state index in [0.717, 1.165) is 0 Å². The molecule has 0 aromatic rings. The maximum atomic E-state index is 10.3. The van der Waals surface area contributed by atoms with Crippen molar-refractivity contribution >= 4 is 5.97 Å². The number of rotatable bonds is 4. The van der Waals surface area contributed by atoms with Crippen molar-refractivity contribution in [3.8, 4) is 0 Å². The molecule has 5 N–H and O–H groups in total. The Morgan fingerprint density at radius 2 is 2.09 bits per heavy atom. The van der Waals surface area contributed by atoms with Gasteiger partial charge in [-0.25, -0.2) is 0 Å². The molecule has 0 aromatic carbocycles. The van der Waals surface area contributed by atoms with Gasteiger partial charge in [0.15, 0.2) is 0 Å². The smallest absolute Gasteiger partial charge is 0.320 e. The first kappa shape index (κ1) is 10.4. The van der Waals surface area contributed by atoms with Gasteiger partial charge in [0.25, 0.3) is 0 Å². The topological polar surface area (TPSA) is 89.3 Å². The fourth-order valence-corrected chi connectivity index (χ4v) is 0.651. The Morgan fingerprint density at radius 3 is 2.36 bits per heavy atom. The predicted molar refractivity (Wildman–Crippen MR) is 43.1 cm³/mol. The van der Waals surface area contributed by atoms with Crippen molar-refractivity contribution in [2.24, 2.45) is 11.5 Å². The second kappa shape index (κ2) is 3.69. The zero-order valence-corrected chi connectivity index (χ0v) is 7.00. The van der Waals surface area contributed by atoms with Crippen LogP contribution in [0.1, 0.15) is 26.7 Å². The van der Waals surface area contributed by atoms with E-state index in [1.807, 2.05) is 13.8 Å². The van der Waals surface area contributed by atoms with Gasteiger partial charge in [-0.3, -0.25) is 4.79 Å². The number of carbonyl (C=O) groups is 1. The Balaban J connectivity index is 3.63. The molecule has 0 spiro atoms. The van der Waals surface area contributed by atoms with Crippen LogP contribution in [-0.2, 0) is 4.79 Å². The van der Waals surface area contributed by atoms with E-state index < -0.39 is 12.0 Å². The molecule has 0 fully saturated rings. The van der Waals surface area contributed by atoms with Crippen LogP contribution in [0.25, 0.3) is 0 Å². The average Bonchev–Trinajstić information content (AvgIpc) is 1.80. The Morgan fingerprint density at radius 1 is 1.64 bits per heavy atom. The summed E-state index contributed by atoms with van der Waals surface area (Å²) in [5.41, 5.74) is 10.6. The molecule has 0 saturated heterocycles. The van der Waals surface area contributed by atoms with Crippen LogP contribution < -0.4 is 11.5 Å². The van der Waals surface area contributed by atoms with Gasteiger partial charge in [-0.1, -0.05) is 0 Å². The Bertz CT molecular complexity index is 140. The van der Waals surface area contributed by atoms with Crippen LogP contribution >= 0.6 is 0 Å². The average molecular weight is 160 g/mol. The van der Waals surface area contributed by atoms with Crippen LogP contribution in [0.15, 0.2) is 0 Å². The summed E-state index contributed by atoms with van der Waals surface area (Å²) in [5.74, 6) is -0.964. The van der Waals surface area contributed by atoms with E-state index >= 15 is 0 Å². The first-order chi connectivity index (χ1) is 4.83. The maximum Gasteiger partial charge on any atom is 0.320 e. The van der Waals surface area contributed by atoms with Crippen molar-refractivity contribution in [3.63, 3.8) is 0 Å². The molecule has 66 valence electrons. The number of aliphatic carboxylic acids is 1. The summed E-state index contributed by atoms with van der Waals surface area (Å²) in [4.78, 5) is 10.3. The lowest BCUT2D eigenvalue weighted by atomic mass is 9.97. The van der Waals surface area contributed by atoms with Crippen molar-refractivity contribution in [2.45, 2.75) is 38.3 Å². The van der Waals surface area contributed by atoms with Crippen LogP contribution in [-0.4, -0.2) is 22.7 Å². The Hall–Kier alpha value is -0.610. The van der Waals surface area contributed by atoms with Crippen LogP contribution in [0.4, 0.5) is 0 Å². The van der Waals surface area contributed by atoms with E-state index in [1.54, 1.807) is 0 Å². The summed E-state index contributed by atoms with van der Waals surface area (Å²) in [5, 5.41) is 8.41. The molecule has 1 atom stereocenters. The lowest BCUT2D eigenvalue weighted by Crippen LogP contribution is -2.37. The van der Waals surface area contributed by atoms with Gasteiger partial charge in [0.1, 0.15) is 6.04 Å². The summed E-state index contributed by atoms with van der Waals surface area (Å²) in [6.07, 6.45) is 1.05. The van der Waals surface area contributed by atoms with Crippen LogP contribution in [0, 0.1) is 0 Å². The molecule has 0 aliphatic rings. The minimum absolute atomic E-state index is 0.326. The third kappa shape index (κ3) is 5.82. The number of hydrogen-bond donors (Lipinski definition) is 3. The fraction of sp³-hybridized carbons (Fsp3) is 0.857. The monoisotopic (exact) mass is 160 g/mol. The summed E-state index contributed by atoms with van der Waals surface area (Å²) in [6, 6.07) is -0.780. The lowest BCUT2D eigenvalue weighted by Gasteiger charge is -2.19. The normalized spacial score (nSPS) is 14.5. The molecule has 0 aliphatic carbocycles. The molecule has 0 unspecified atom stereocenters. The zero-order valence-electron chi connectivity index (χ0n) is 7.00. The fourth-order valence-electron chi connectivity index (χ4n) is 0.651. The summed E-state index contributed by atoms with van der Waals surface area (Å²) in [6.45, 7) is 3.70. The molecule has 0 heterocycles. The van der Waals surface area contributed by atoms with Crippen LogP contribution in [0.3, 0.4) is 0 Å². The van der Waals surface area contributed by atoms with Crippen molar-refractivity contribution in [1.29, 1.82) is 0 Å². The van der Waals surface area contributed by atoms with Crippen molar-refractivity contribution in [2.75, 3.05) is 0 Å². The predicted octanol–water partition coefficient (Wildman–Crippen LogP) is -0.0842. The molecule has 0 bridgehead atoms. The second-order valence-electron chi connectivity index (χ2n) is 3.47. The van der Waals surface area contributed by atoms with Gasteiger partial charge in [-0.05, 0) is 26.7 Å². The lowest BCUT2D eigenvalue weighted by molar-refractivity contribution is -0.138. The summed E-state index contributed by atoms with van der Waals surface area (Å²) in [7, 11) is 0. The van der Waals surface area contributed by atoms with E-state index in [0.29, 0.717) is 12.8 Å². The molecule has 0 amide bonds. The molecule has 0 aliphatic heterocycles. The van der Waals surface area contributed by atoms with E-state index in [4.69, 9.17) is 16.6 Å². The summed E-state index contributed by atoms with van der Waals surface area (Å²) >= 11 is 0. The van der Waals surface area contributed by atoms with Crippen molar-refractivity contribution in [3.05, 3.63) is 0 Å². The molecular weight excluding hydrogens is 144 g/mol. The molecule has 4 heteroatoms. The minimum atomic E-state index is -0.964. The van der Waals surface area contributed by atoms with Crippen molar-refractivity contribution < 1.29 is 9.90 Å². The molecule has 4 nitrogen and oxygen atoms in total. The van der Waals surface area contributed by atoms with Gasteiger partial charge in [0.05, 0.1) is 0 Å². The van der Waals surface area contributed by atoms with E-state index in [2.05, 4.69) is 0 Å². The first-order valence-electron chi connectivity index (χ1n) is 3.60.